The van der Waals surface area contributed by atoms with Crippen molar-refractivity contribution in [2.75, 3.05) is 37.6 Å². The number of unbranched alkanes of at least 4 members (excludes halogenated alkanes) is 3. The molecule has 2 aromatic rings. The van der Waals surface area contributed by atoms with Crippen LogP contribution in [0, 0.1) is 18.3 Å². The van der Waals surface area contributed by atoms with Crippen LogP contribution in [0.15, 0.2) is 40.0 Å². The molecule has 1 aromatic carbocycles. The van der Waals surface area contributed by atoms with Gasteiger partial charge in [-0.05, 0) is 37.5 Å². The zero-order chi connectivity index (χ0) is 27.9. The topological polar surface area (TPSA) is 72.6 Å². The number of rotatable bonds is 10. The van der Waals surface area contributed by atoms with Crippen LogP contribution in [0.25, 0.3) is 6.08 Å². The molecule has 3 heterocycles. The van der Waals surface area contributed by atoms with Gasteiger partial charge in [-0.25, -0.2) is 0 Å². The minimum Gasteiger partial charge on any atom is -0.355 e. The van der Waals surface area contributed by atoms with E-state index in [9.17, 15) is 14.9 Å². The first-order chi connectivity index (χ1) is 18.9. The number of nitriles is 1. The van der Waals surface area contributed by atoms with Crippen LogP contribution in [0.4, 0.5) is 5.82 Å². The fourth-order valence-electron chi connectivity index (χ4n) is 5.26. The van der Waals surface area contributed by atoms with Crippen LogP contribution in [0.3, 0.4) is 0 Å². The van der Waals surface area contributed by atoms with E-state index in [0.717, 1.165) is 69.8 Å². The lowest BCUT2D eigenvalue weighted by Crippen LogP contribution is -2.48. The Morgan fingerprint density at radius 1 is 1.05 bits per heavy atom. The van der Waals surface area contributed by atoms with E-state index in [0.29, 0.717) is 27.9 Å². The third kappa shape index (κ3) is 6.46. The molecule has 0 bridgehead atoms. The molecule has 2 aliphatic rings. The molecule has 4 rings (SSSR count). The monoisotopic (exact) mass is 563 g/mol. The Morgan fingerprint density at radius 2 is 1.77 bits per heavy atom. The first kappa shape index (κ1) is 29.1. The van der Waals surface area contributed by atoms with E-state index in [4.69, 9.17) is 12.2 Å². The predicted octanol–water partition coefficient (Wildman–Crippen LogP) is 5.15. The summed E-state index contributed by atoms with van der Waals surface area (Å²) in [7, 11) is 0. The average molecular weight is 564 g/mol. The van der Waals surface area contributed by atoms with Gasteiger partial charge in [0.15, 0.2) is 0 Å². The van der Waals surface area contributed by atoms with Crippen LogP contribution >= 0.6 is 24.0 Å². The van der Waals surface area contributed by atoms with Gasteiger partial charge in [-0.3, -0.25) is 24.0 Å². The lowest BCUT2D eigenvalue weighted by molar-refractivity contribution is -0.122. The Balaban J connectivity index is 1.65. The second-order valence-corrected chi connectivity index (χ2v) is 11.7. The van der Waals surface area contributed by atoms with E-state index in [1.54, 1.807) is 9.47 Å². The van der Waals surface area contributed by atoms with Crippen LogP contribution in [0.1, 0.15) is 61.8 Å². The summed E-state index contributed by atoms with van der Waals surface area (Å²) in [5.74, 6) is 0.693. The molecule has 1 aromatic heterocycles. The highest BCUT2D eigenvalue weighted by atomic mass is 32.2. The van der Waals surface area contributed by atoms with Gasteiger partial charge in [-0.15, -0.1) is 0 Å². The van der Waals surface area contributed by atoms with E-state index in [-0.39, 0.29) is 17.0 Å². The molecule has 206 valence electrons. The van der Waals surface area contributed by atoms with Crippen LogP contribution in [0.2, 0.25) is 0 Å². The molecular weight excluding hydrogens is 526 g/mol. The van der Waals surface area contributed by atoms with Crippen molar-refractivity contribution in [3.8, 4) is 6.07 Å². The quantitative estimate of drug-likeness (QED) is 0.225. The predicted molar refractivity (Wildman–Crippen MR) is 164 cm³/mol. The molecule has 2 saturated heterocycles. The van der Waals surface area contributed by atoms with Crippen molar-refractivity contribution in [2.24, 2.45) is 0 Å². The summed E-state index contributed by atoms with van der Waals surface area (Å²) in [4.78, 5) is 33.6. The highest BCUT2D eigenvalue weighted by Gasteiger charge is 2.33. The minimum atomic E-state index is -0.278. The Labute approximate surface area is 241 Å². The number of pyridine rings is 1. The van der Waals surface area contributed by atoms with E-state index in [1.165, 1.54) is 17.3 Å². The molecule has 7 nitrogen and oxygen atoms in total. The summed E-state index contributed by atoms with van der Waals surface area (Å²) in [6, 6.07) is 12.6. The number of amides is 1. The van der Waals surface area contributed by atoms with Gasteiger partial charge in [0, 0.05) is 51.4 Å². The van der Waals surface area contributed by atoms with Gasteiger partial charge in [0.1, 0.15) is 21.8 Å². The van der Waals surface area contributed by atoms with Crippen LogP contribution in [-0.4, -0.2) is 57.3 Å². The second-order valence-electron chi connectivity index (χ2n) is 10.0. The molecule has 0 unspecified atom stereocenters. The average Bonchev–Trinajstić information content (AvgIpc) is 3.21. The molecule has 0 aliphatic carbocycles. The highest BCUT2D eigenvalue weighted by molar-refractivity contribution is 8.26. The van der Waals surface area contributed by atoms with E-state index in [1.807, 2.05) is 26.0 Å². The number of hydrogen-bond donors (Lipinski definition) is 0. The van der Waals surface area contributed by atoms with Crippen molar-refractivity contribution < 1.29 is 4.79 Å². The Kier molecular flexibility index (Phi) is 10.0. The van der Waals surface area contributed by atoms with Gasteiger partial charge in [0.25, 0.3) is 11.5 Å². The number of piperazine rings is 1. The molecule has 2 aliphatic heterocycles. The number of aromatic nitrogens is 1. The fourth-order valence-corrected chi connectivity index (χ4v) is 6.55. The molecular formula is C30H37N5O2S2. The first-order valence-electron chi connectivity index (χ1n) is 13.8. The normalized spacial score (nSPS) is 17.3. The smallest absolute Gasteiger partial charge is 0.270 e. The zero-order valence-electron chi connectivity index (χ0n) is 23.1. The number of thiocarbonyl (C=S) groups is 1. The number of thioether (sulfide) groups is 1. The summed E-state index contributed by atoms with van der Waals surface area (Å²) in [5.41, 5.74) is 2.51. The van der Waals surface area contributed by atoms with Crippen molar-refractivity contribution in [2.45, 2.75) is 59.5 Å². The largest absolute Gasteiger partial charge is 0.355 e. The lowest BCUT2D eigenvalue weighted by atomic mass is 10.0. The van der Waals surface area contributed by atoms with Crippen LogP contribution in [0.5, 0.6) is 0 Å². The summed E-state index contributed by atoms with van der Waals surface area (Å²) in [5, 5.41) is 9.85. The molecule has 39 heavy (non-hydrogen) atoms. The maximum atomic E-state index is 13.4. The number of nitrogens with zero attached hydrogens (tertiary/aromatic N) is 5. The van der Waals surface area contributed by atoms with Gasteiger partial charge >= 0.3 is 0 Å². The van der Waals surface area contributed by atoms with Crippen molar-refractivity contribution in [1.29, 1.82) is 5.26 Å². The van der Waals surface area contributed by atoms with Crippen LogP contribution < -0.4 is 10.5 Å². The van der Waals surface area contributed by atoms with E-state index >= 15 is 0 Å². The minimum absolute atomic E-state index is 0.0905. The molecule has 0 radical (unpaired) electrons. The molecule has 2 fully saturated rings. The van der Waals surface area contributed by atoms with Gasteiger partial charge in [0.05, 0.1) is 4.91 Å². The molecule has 0 spiro atoms. The third-order valence-electron chi connectivity index (χ3n) is 7.47. The summed E-state index contributed by atoms with van der Waals surface area (Å²) >= 11 is 6.88. The molecule has 1 amide bonds. The van der Waals surface area contributed by atoms with Crippen molar-refractivity contribution in [1.82, 2.24) is 14.4 Å². The SMILES string of the molecule is CCCCCCN1C(=O)/C(=C/c2c(C)c(C#N)c(=O)n(CC)c2N2CCN(Cc3ccccc3)CC2)SC1=S. The number of anilines is 1. The molecule has 9 heteroatoms. The number of carbonyl (C=O) groups is 1. The second kappa shape index (κ2) is 13.4. The highest BCUT2D eigenvalue weighted by Crippen LogP contribution is 2.36. The van der Waals surface area contributed by atoms with E-state index < -0.39 is 0 Å². The first-order valence-corrected chi connectivity index (χ1v) is 15.1. The number of carbonyl (C=O) groups excluding carboxylic acids is 1. The maximum Gasteiger partial charge on any atom is 0.270 e. The number of hydrogen-bond acceptors (Lipinski definition) is 7. The zero-order valence-corrected chi connectivity index (χ0v) is 24.7. The summed E-state index contributed by atoms with van der Waals surface area (Å²) < 4.78 is 2.26. The summed E-state index contributed by atoms with van der Waals surface area (Å²) in [6.45, 7) is 11.0. The van der Waals surface area contributed by atoms with Crippen LogP contribution in [-0.2, 0) is 17.9 Å². The Morgan fingerprint density at radius 3 is 2.41 bits per heavy atom. The van der Waals surface area contributed by atoms with Crippen molar-refractivity contribution in [3.63, 3.8) is 0 Å². The standard InChI is InChI=1S/C30H37N5O2S2/c1-4-6-7-11-14-35-29(37)26(39-30(35)38)19-24-22(3)25(20-31)28(36)34(5-2)27(24)33-17-15-32(16-18-33)21-23-12-9-8-10-13-23/h8-10,12-13,19H,4-7,11,14-18,21H2,1-3H3/b26-19-. The van der Waals surface area contributed by atoms with Crippen molar-refractivity contribution >= 4 is 46.1 Å². The fraction of sp³-hybridized carbons (Fsp3) is 0.467. The molecule has 0 N–H and O–H groups in total. The Bertz CT molecular complexity index is 1340. The van der Waals surface area contributed by atoms with Gasteiger partial charge in [0.2, 0.25) is 0 Å². The van der Waals surface area contributed by atoms with E-state index in [2.05, 4.69) is 47.1 Å². The summed E-state index contributed by atoms with van der Waals surface area (Å²) in [6.07, 6.45) is 6.12. The lowest BCUT2D eigenvalue weighted by Gasteiger charge is -2.38. The number of benzene rings is 1. The third-order valence-corrected chi connectivity index (χ3v) is 8.85. The Hall–Kier alpha value is -2.93. The van der Waals surface area contributed by atoms with Gasteiger partial charge < -0.3 is 4.90 Å². The van der Waals surface area contributed by atoms with Gasteiger partial charge in [-0.2, -0.15) is 5.26 Å². The molecule has 0 atom stereocenters. The van der Waals surface area contributed by atoms with Crippen molar-refractivity contribution in [3.05, 3.63) is 67.8 Å². The maximum absolute atomic E-state index is 13.4. The molecule has 0 saturated carbocycles. The van der Waals surface area contributed by atoms with Gasteiger partial charge in [-0.1, -0.05) is 80.5 Å².